The van der Waals surface area contributed by atoms with Gasteiger partial charge in [0.1, 0.15) is 11.3 Å². The molecule has 0 saturated heterocycles. The van der Waals surface area contributed by atoms with Gasteiger partial charge in [-0.3, -0.25) is 0 Å². The Kier molecular flexibility index (Phi) is 3.43. The molecular formula is C20H16N2O2. The fraction of sp³-hybridized carbons (Fsp3) is 0.0500. The highest BCUT2D eigenvalue weighted by Gasteiger charge is 2.14. The second kappa shape index (κ2) is 5.74. The Morgan fingerprint density at radius 2 is 1.75 bits per heavy atom. The number of anilines is 1. The molecule has 4 heteroatoms. The zero-order valence-corrected chi connectivity index (χ0v) is 13.2. The summed E-state index contributed by atoms with van der Waals surface area (Å²) in [6, 6.07) is 21.6. The number of nitrogens with zero attached hydrogens (tertiary/aromatic N) is 1. The molecule has 4 rings (SSSR count). The fourth-order valence-electron chi connectivity index (χ4n) is 2.75. The summed E-state index contributed by atoms with van der Waals surface area (Å²) in [4.78, 5) is 4.62. The molecule has 3 aromatic carbocycles. The van der Waals surface area contributed by atoms with Crippen molar-refractivity contribution in [2.75, 3.05) is 12.8 Å². The van der Waals surface area contributed by atoms with E-state index in [-0.39, 0.29) is 0 Å². The van der Waals surface area contributed by atoms with Gasteiger partial charge in [-0.05, 0) is 41.5 Å². The van der Waals surface area contributed by atoms with Gasteiger partial charge in [-0.1, -0.05) is 36.4 Å². The topological polar surface area (TPSA) is 61.3 Å². The minimum atomic E-state index is 0.499. The highest BCUT2D eigenvalue weighted by atomic mass is 16.5. The molecule has 0 saturated carbocycles. The highest BCUT2D eigenvalue weighted by Crippen LogP contribution is 2.34. The number of benzene rings is 3. The van der Waals surface area contributed by atoms with Crippen LogP contribution in [0.1, 0.15) is 0 Å². The molecule has 1 aromatic heterocycles. The maximum atomic E-state index is 5.90. The van der Waals surface area contributed by atoms with Crippen LogP contribution in [0.25, 0.3) is 33.7 Å². The van der Waals surface area contributed by atoms with Crippen molar-refractivity contribution in [1.29, 1.82) is 0 Å². The van der Waals surface area contributed by atoms with Gasteiger partial charge in [0.15, 0.2) is 5.58 Å². The maximum Gasteiger partial charge on any atom is 0.231 e. The Bertz CT molecular complexity index is 1010. The van der Waals surface area contributed by atoms with E-state index in [1.165, 1.54) is 0 Å². The largest absolute Gasteiger partial charge is 0.496 e. The number of aromatic nitrogens is 1. The summed E-state index contributed by atoms with van der Waals surface area (Å²) in [5.41, 5.74) is 11.0. The summed E-state index contributed by atoms with van der Waals surface area (Å²) in [6.45, 7) is 0. The molecule has 0 aliphatic carbocycles. The minimum absolute atomic E-state index is 0.499. The molecule has 0 aliphatic heterocycles. The van der Waals surface area contributed by atoms with Crippen molar-refractivity contribution < 1.29 is 9.15 Å². The first-order valence-electron chi connectivity index (χ1n) is 7.64. The van der Waals surface area contributed by atoms with Gasteiger partial charge < -0.3 is 14.9 Å². The number of nitrogen functional groups attached to an aromatic ring is 1. The van der Waals surface area contributed by atoms with Crippen LogP contribution < -0.4 is 10.5 Å². The molecule has 0 aliphatic rings. The van der Waals surface area contributed by atoms with Gasteiger partial charge in [-0.15, -0.1) is 0 Å². The van der Waals surface area contributed by atoms with Gasteiger partial charge in [0.2, 0.25) is 5.89 Å². The van der Waals surface area contributed by atoms with E-state index >= 15 is 0 Å². The number of rotatable bonds is 3. The minimum Gasteiger partial charge on any atom is -0.496 e. The van der Waals surface area contributed by atoms with Crippen LogP contribution in [-0.4, -0.2) is 12.1 Å². The smallest absolute Gasteiger partial charge is 0.231 e. The summed E-state index contributed by atoms with van der Waals surface area (Å²) in [6.07, 6.45) is 0. The molecule has 0 radical (unpaired) electrons. The molecule has 0 bridgehead atoms. The number of fused-ring (bicyclic) bond motifs is 1. The highest BCUT2D eigenvalue weighted by molar-refractivity contribution is 5.83. The second-order valence-corrected chi connectivity index (χ2v) is 5.53. The monoisotopic (exact) mass is 316 g/mol. The van der Waals surface area contributed by atoms with Crippen LogP contribution in [-0.2, 0) is 0 Å². The lowest BCUT2D eigenvalue weighted by atomic mass is 10.1. The number of ether oxygens (including phenoxy) is 1. The van der Waals surface area contributed by atoms with E-state index in [0.717, 1.165) is 27.8 Å². The molecule has 0 atom stereocenters. The van der Waals surface area contributed by atoms with Crippen LogP contribution in [0.3, 0.4) is 0 Å². The van der Waals surface area contributed by atoms with Crippen molar-refractivity contribution in [2.24, 2.45) is 0 Å². The first kappa shape index (κ1) is 14.3. The van der Waals surface area contributed by atoms with Crippen LogP contribution in [0.2, 0.25) is 0 Å². The number of methoxy groups -OCH3 is 1. The van der Waals surface area contributed by atoms with Gasteiger partial charge >= 0.3 is 0 Å². The summed E-state index contributed by atoms with van der Waals surface area (Å²) >= 11 is 0. The van der Waals surface area contributed by atoms with Crippen molar-refractivity contribution >= 4 is 16.8 Å². The van der Waals surface area contributed by atoms with E-state index in [1.54, 1.807) is 13.2 Å². The summed E-state index contributed by atoms with van der Waals surface area (Å²) in [5, 5.41) is 0. The molecule has 0 amide bonds. The zero-order valence-electron chi connectivity index (χ0n) is 13.2. The molecular weight excluding hydrogens is 300 g/mol. The Balaban J connectivity index is 1.83. The predicted octanol–water partition coefficient (Wildman–Crippen LogP) is 4.75. The van der Waals surface area contributed by atoms with Crippen LogP contribution >= 0.6 is 0 Å². The number of nitrogens with two attached hydrogens (primary N) is 1. The van der Waals surface area contributed by atoms with Gasteiger partial charge in [0.25, 0.3) is 0 Å². The van der Waals surface area contributed by atoms with Crippen molar-refractivity contribution in [3.05, 3.63) is 66.7 Å². The van der Waals surface area contributed by atoms with Crippen LogP contribution in [0.15, 0.2) is 71.1 Å². The molecule has 24 heavy (non-hydrogen) atoms. The summed E-state index contributed by atoms with van der Waals surface area (Å²) in [5.74, 6) is 1.18. The third-order valence-electron chi connectivity index (χ3n) is 3.95. The SMILES string of the molecule is COc1ccc(N)cc1-c1nc2cc(-c3ccccc3)ccc2o1. The third kappa shape index (κ3) is 2.48. The molecule has 118 valence electrons. The molecule has 1 heterocycles. The molecule has 4 nitrogen and oxygen atoms in total. The lowest BCUT2D eigenvalue weighted by Gasteiger charge is -2.05. The van der Waals surface area contributed by atoms with Gasteiger partial charge in [0.05, 0.1) is 12.7 Å². The summed E-state index contributed by atoms with van der Waals surface area (Å²) < 4.78 is 11.3. The van der Waals surface area contributed by atoms with E-state index in [4.69, 9.17) is 14.9 Å². The maximum absolute atomic E-state index is 5.90. The van der Waals surface area contributed by atoms with E-state index < -0.39 is 0 Å². The van der Waals surface area contributed by atoms with Crippen molar-refractivity contribution in [2.45, 2.75) is 0 Å². The average Bonchev–Trinajstić information content (AvgIpc) is 3.05. The van der Waals surface area contributed by atoms with Crippen molar-refractivity contribution in [3.63, 3.8) is 0 Å². The fourth-order valence-corrected chi connectivity index (χ4v) is 2.75. The standard InChI is InChI=1S/C20H16N2O2/c1-23-18-10-8-15(21)12-16(18)20-22-17-11-14(7-9-19(17)24-20)13-5-3-2-4-6-13/h2-12H,21H2,1H3. The van der Waals surface area contributed by atoms with Crippen molar-refractivity contribution in [1.82, 2.24) is 4.98 Å². The Hall–Kier alpha value is -3.27. The van der Waals surface area contributed by atoms with E-state index in [0.29, 0.717) is 17.3 Å². The lowest BCUT2D eigenvalue weighted by molar-refractivity contribution is 0.415. The van der Waals surface area contributed by atoms with E-state index in [2.05, 4.69) is 17.1 Å². The Morgan fingerprint density at radius 1 is 0.917 bits per heavy atom. The van der Waals surface area contributed by atoms with Gasteiger partial charge in [0, 0.05) is 5.69 Å². The van der Waals surface area contributed by atoms with E-state index in [9.17, 15) is 0 Å². The first-order valence-corrected chi connectivity index (χ1v) is 7.64. The third-order valence-corrected chi connectivity index (χ3v) is 3.95. The number of oxazole rings is 1. The molecule has 4 aromatic rings. The number of hydrogen-bond acceptors (Lipinski definition) is 4. The molecule has 0 unspecified atom stereocenters. The van der Waals surface area contributed by atoms with Crippen LogP contribution in [0.5, 0.6) is 5.75 Å². The Labute approximate surface area is 139 Å². The summed E-state index contributed by atoms with van der Waals surface area (Å²) in [7, 11) is 1.62. The zero-order chi connectivity index (χ0) is 16.5. The lowest BCUT2D eigenvalue weighted by Crippen LogP contribution is -1.91. The van der Waals surface area contributed by atoms with Crippen molar-refractivity contribution in [3.8, 4) is 28.3 Å². The molecule has 0 fully saturated rings. The van der Waals surface area contributed by atoms with Gasteiger partial charge in [-0.2, -0.15) is 0 Å². The van der Waals surface area contributed by atoms with E-state index in [1.807, 2.05) is 48.5 Å². The normalized spacial score (nSPS) is 10.9. The Morgan fingerprint density at radius 3 is 2.54 bits per heavy atom. The molecule has 0 spiro atoms. The number of hydrogen-bond donors (Lipinski definition) is 1. The first-order chi connectivity index (χ1) is 11.7. The average molecular weight is 316 g/mol. The second-order valence-electron chi connectivity index (χ2n) is 5.53. The predicted molar refractivity (Wildman–Crippen MR) is 95.8 cm³/mol. The van der Waals surface area contributed by atoms with Gasteiger partial charge in [-0.25, -0.2) is 4.98 Å². The molecule has 2 N–H and O–H groups in total. The van der Waals surface area contributed by atoms with Crippen LogP contribution in [0, 0.1) is 0 Å². The van der Waals surface area contributed by atoms with Crippen LogP contribution in [0.4, 0.5) is 5.69 Å². The quantitative estimate of drug-likeness (QED) is 0.554.